The van der Waals surface area contributed by atoms with E-state index in [2.05, 4.69) is 6.07 Å². The molecule has 0 aliphatic rings. The van der Waals surface area contributed by atoms with Gasteiger partial charge in [-0.1, -0.05) is 12.1 Å². The van der Waals surface area contributed by atoms with Crippen molar-refractivity contribution in [3.8, 4) is 28.7 Å². The van der Waals surface area contributed by atoms with Crippen LogP contribution in [0.2, 0.25) is 0 Å². The second kappa shape index (κ2) is 5.45. The zero-order chi connectivity index (χ0) is 13.8. The van der Waals surface area contributed by atoms with Crippen molar-refractivity contribution in [1.82, 2.24) is 0 Å². The first kappa shape index (κ1) is 13.0. The standard InChI is InChI=1S/C16H15NO2/c1-11-7-16(19-3)14(9-15(11)18-2)13-6-4-5-12(8-13)10-17/h4-9H,1-3H3. The molecule has 0 aliphatic heterocycles. The number of benzene rings is 2. The summed E-state index contributed by atoms with van der Waals surface area (Å²) in [6, 6.07) is 13.4. The van der Waals surface area contributed by atoms with E-state index < -0.39 is 0 Å². The first-order valence-corrected chi connectivity index (χ1v) is 5.92. The molecule has 0 heterocycles. The first-order chi connectivity index (χ1) is 9.19. The van der Waals surface area contributed by atoms with Gasteiger partial charge in [-0.2, -0.15) is 5.26 Å². The number of aryl methyl sites for hydroxylation is 1. The van der Waals surface area contributed by atoms with Gasteiger partial charge in [0.25, 0.3) is 0 Å². The number of hydrogen-bond donors (Lipinski definition) is 0. The van der Waals surface area contributed by atoms with E-state index in [4.69, 9.17) is 14.7 Å². The van der Waals surface area contributed by atoms with E-state index in [1.54, 1.807) is 20.3 Å². The van der Waals surface area contributed by atoms with Crippen LogP contribution in [0.1, 0.15) is 11.1 Å². The third-order valence-corrected chi connectivity index (χ3v) is 3.02. The lowest BCUT2D eigenvalue weighted by Gasteiger charge is -2.13. The first-order valence-electron chi connectivity index (χ1n) is 5.92. The number of hydrogen-bond acceptors (Lipinski definition) is 3. The van der Waals surface area contributed by atoms with Gasteiger partial charge in [0.05, 0.1) is 25.9 Å². The van der Waals surface area contributed by atoms with Gasteiger partial charge in [0, 0.05) is 5.56 Å². The molecule has 96 valence electrons. The Morgan fingerprint density at radius 3 is 2.37 bits per heavy atom. The highest BCUT2D eigenvalue weighted by Crippen LogP contribution is 2.36. The maximum absolute atomic E-state index is 8.97. The van der Waals surface area contributed by atoms with E-state index in [1.165, 1.54) is 0 Å². The lowest BCUT2D eigenvalue weighted by molar-refractivity contribution is 0.402. The van der Waals surface area contributed by atoms with Crippen LogP contribution in [-0.2, 0) is 0 Å². The van der Waals surface area contributed by atoms with Crippen molar-refractivity contribution in [3.63, 3.8) is 0 Å². The zero-order valence-corrected chi connectivity index (χ0v) is 11.2. The molecule has 0 amide bonds. The van der Waals surface area contributed by atoms with Gasteiger partial charge in [-0.3, -0.25) is 0 Å². The maximum Gasteiger partial charge on any atom is 0.127 e. The van der Waals surface area contributed by atoms with Gasteiger partial charge in [-0.25, -0.2) is 0 Å². The fourth-order valence-corrected chi connectivity index (χ4v) is 2.03. The van der Waals surface area contributed by atoms with E-state index in [-0.39, 0.29) is 0 Å². The third-order valence-electron chi connectivity index (χ3n) is 3.02. The molecule has 0 fully saturated rings. The summed E-state index contributed by atoms with van der Waals surface area (Å²) in [7, 11) is 3.28. The van der Waals surface area contributed by atoms with E-state index >= 15 is 0 Å². The minimum absolute atomic E-state index is 0.624. The molecule has 0 saturated heterocycles. The van der Waals surface area contributed by atoms with Gasteiger partial charge in [-0.05, 0) is 42.3 Å². The van der Waals surface area contributed by atoms with Gasteiger partial charge in [0.15, 0.2) is 0 Å². The molecule has 0 unspecified atom stereocenters. The molecule has 19 heavy (non-hydrogen) atoms. The molecule has 0 aromatic heterocycles. The molecule has 0 spiro atoms. The van der Waals surface area contributed by atoms with Crippen LogP contribution in [0.5, 0.6) is 11.5 Å². The average molecular weight is 253 g/mol. The van der Waals surface area contributed by atoms with Crippen LogP contribution in [0.25, 0.3) is 11.1 Å². The van der Waals surface area contributed by atoms with E-state index in [0.29, 0.717) is 5.56 Å². The maximum atomic E-state index is 8.97. The molecule has 0 radical (unpaired) electrons. The van der Waals surface area contributed by atoms with Crippen molar-refractivity contribution in [2.24, 2.45) is 0 Å². The average Bonchev–Trinajstić information content (AvgIpc) is 2.46. The Kier molecular flexibility index (Phi) is 3.72. The minimum Gasteiger partial charge on any atom is -0.496 e. The molecule has 0 aliphatic carbocycles. The molecule has 0 saturated carbocycles. The molecule has 2 aromatic rings. The molecular weight excluding hydrogens is 238 g/mol. The molecular formula is C16H15NO2. The predicted molar refractivity (Wildman–Crippen MR) is 74.4 cm³/mol. The van der Waals surface area contributed by atoms with Crippen LogP contribution in [-0.4, -0.2) is 14.2 Å². The predicted octanol–water partition coefficient (Wildman–Crippen LogP) is 3.55. The Balaban J connectivity index is 2.63. The van der Waals surface area contributed by atoms with Crippen LogP contribution < -0.4 is 9.47 Å². The Morgan fingerprint density at radius 2 is 1.74 bits per heavy atom. The number of methoxy groups -OCH3 is 2. The second-order valence-electron chi connectivity index (χ2n) is 4.21. The van der Waals surface area contributed by atoms with Crippen LogP contribution in [0, 0.1) is 18.3 Å². The number of rotatable bonds is 3. The van der Waals surface area contributed by atoms with Crippen molar-refractivity contribution in [1.29, 1.82) is 5.26 Å². The molecule has 3 heteroatoms. The summed E-state index contributed by atoms with van der Waals surface area (Å²) in [5, 5.41) is 8.97. The zero-order valence-electron chi connectivity index (χ0n) is 11.2. The van der Waals surface area contributed by atoms with E-state index in [0.717, 1.165) is 28.2 Å². The SMILES string of the molecule is COc1cc(-c2cccc(C#N)c2)c(OC)cc1C. The molecule has 0 atom stereocenters. The summed E-state index contributed by atoms with van der Waals surface area (Å²) in [5.74, 6) is 1.58. The summed E-state index contributed by atoms with van der Waals surface area (Å²) in [5.41, 5.74) is 3.50. The van der Waals surface area contributed by atoms with Crippen LogP contribution in [0.3, 0.4) is 0 Å². The van der Waals surface area contributed by atoms with Crippen molar-refractivity contribution < 1.29 is 9.47 Å². The molecule has 2 aromatic carbocycles. The quantitative estimate of drug-likeness (QED) is 0.840. The normalized spacial score (nSPS) is 9.79. The summed E-state index contributed by atoms with van der Waals surface area (Å²) >= 11 is 0. The lowest BCUT2D eigenvalue weighted by Crippen LogP contribution is -1.93. The molecule has 3 nitrogen and oxygen atoms in total. The highest BCUT2D eigenvalue weighted by molar-refractivity contribution is 5.74. The van der Waals surface area contributed by atoms with Gasteiger partial charge in [-0.15, -0.1) is 0 Å². The number of ether oxygens (including phenoxy) is 2. The number of nitrogens with zero attached hydrogens (tertiary/aromatic N) is 1. The summed E-state index contributed by atoms with van der Waals surface area (Å²) in [6.07, 6.45) is 0. The van der Waals surface area contributed by atoms with Crippen molar-refractivity contribution >= 4 is 0 Å². The van der Waals surface area contributed by atoms with Gasteiger partial charge >= 0.3 is 0 Å². The Labute approximate surface area is 113 Å². The highest BCUT2D eigenvalue weighted by atomic mass is 16.5. The highest BCUT2D eigenvalue weighted by Gasteiger charge is 2.10. The fraction of sp³-hybridized carbons (Fsp3) is 0.188. The summed E-state index contributed by atoms with van der Waals surface area (Å²) in [4.78, 5) is 0. The van der Waals surface area contributed by atoms with Crippen molar-refractivity contribution in [2.45, 2.75) is 6.92 Å². The molecule has 2 rings (SSSR count). The topological polar surface area (TPSA) is 42.2 Å². The Morgan fingerprint density at radius 1 is 1.00 bits per heavy atom. The Hall–Kier alpha value is -2.47. The van der Waals surface area contributed by atoms with Gasteiger partial charge in [0.2, 0.25) is 0 Å². The van der Waals surface area contributed by atoms with Crippen molar-refractivity contribution in [2.75, 3.05) is 14.2 Å². The minimum atomic E-state index is 0.624. The largest absolute Gasteiger partial charge is 0.496 e. The van der Waals surface area contributed by atoms with Crippen LogP contribution in [0.4, 0.5) is 0 Å². The molecule has 0 N–H and O–H groups in total. The van der Waals surface area contributed by atoms with Crippen molar-refractivity contribution in [3.05, 3.63) is 47.5 Å². The smallest absolute Gasteiger partial charge is 0.127 e. The van der Waals surface area contributed by atoms with Gasteiger partial charge < -0.3 is 9.47 Å². The van der Waals surface area contributed by atoms with Gasteiger partial charge in [0.1, 0.15) is 11.5 Å². The van der Waals surface area contributed by atoms with Crippen LogP contribution >= 0.6 is 0 Å². The third kappa shape index (κ3) is 2.53. The molecule has 0 bridgehead atoms. The summed E-state index contributed by atoms with van der Waals surface area (Å²) in [6.45, 7) is 1.97. The van der Waals surface area contributed by atoms with Crippen LogP contribution in [0.15, 0.2) is 36.4 Å². The number of nitriles is 1. The fourth-order valence-electron chi connectivity index (χ4n) is 2.03. The monoisotopic (exact) mass is 253 g/mol. The lowest BCUT2D eigenvalue weighted by atomic mass is 10.0. The van der Waals surface area contributed by atoms with E-state index in [1.807, 2.05) is 37.3 Å². The summed E-state index contributed by atoms with van der Waals surface area (Å²) < 4.78 is 10.8. The van der Waals surface area contributed by atoms with E-state index in [9.17, 15) is 0 Å². The second-order valence-corrected chi connectivity index (χ2v) is 4.21. The Bertz CT molecular complexity index is 642.